The van der Waals surface area contributed by atoms with E-state index in [1.165, 1.54) is 12.3 Å². The molecule has 0 saturated carbocycles. The molecule has 0 fully saturated rings. The lowest BCUT2D eigenvalue weighted by molar-refractivity contribution is 0.422. The Balaban J connectivity index is 1.65. The molecule has 0 amide bonds. The minimum atomic E-state index is -3.78. The highest BCUT2D eigenvalue weighted by molar-refractivity contribution is 7.94. The average molecular weight is 347 g/mol. The standard InChI is InChI=1S/C14H9N3O4S2/c18-23(19,13-6-5-12(22-13)10-7-8-20-16-10)17-14-15-9-3-1-2-4-11(9)21-14/h1-8H,(H,15,17). The fourth-order valence-corrected chi connectivity index (χ4v) is 4.22. The summed E-state index contributed by atoms with van der Waals surface area (Å²) in [6.45, 7) is 0. The minimum Gasteiger partial charge on any atom is -0.423 e. The van der Waals surface area contributed by atoms with Crippen molar-refractivity contribution in [3.05, 3.63) is 48.7 Å². The number of thiophene rings is 1. The Morgan fingerprint density at radius 3 is 2.74 bits per heavy atom. The second kappa shape index (κ2) is 5.21. The van der Waals surface area contributed by atoms with Gasteiger partial charge in [0.05, 0.1) is 4.88 Å². The van der Waals surface area contributed by atoms with Crippen LogP contribution >= 0.6 is 11.3 Å². The highest BCUT2D eigenvalue weighted by Gasteiger charge is 2.20. The van der Waals surface area contributed by atoms with Crippen molar-refractivity contribution in [3.8, 4) is 10.6 Å². The number of nitrogens with zero attached hydrogens (tertiary/aromatic N) is 2. The number of fused-ring (bicyclic) bond motifs is 1. The monoisotopic (exact) mass is 347 g/mol. The van der Waals surface area contributed by atoms with Crippen LogP contribution in [-0.4, -0.2) is 18.6 Å². The number of anilines is 1. The van der Waals surface area contributed by atoms with Crippen molar-refractivity contribution in [1.82, 2.24) is 10.1 Å². The van der Waals surface area contributed by atoms with Crippen LogP contribution in [0.15, 0.2) is 61.9 Å². The molecule has 3 aromatic heterocycles. The van der Waals surface area contributed by atoms with Gasteiger partial charge >= 0.3 is 6.01 Å². The lowest BCUT2D eigenvalue weighted by atomic mass is 10.3. The third kappa shape index (κ3) is 2.60. The number of para-hydroxylation sites is 2. The van der Waals surface area contributed by atoms with Crippen LogP contribution < -0.4 is 4.72 Å². The van der Waals surface area contributed by atoms with E-state index in [9.17, 15) is 8.42 Å². The molecule has 0 aliphatic rings. The number of aromatic nitrogens is 2. The third-order valence-electron chi connectivity index (χ3n) is 3.05. The molecule has 1 aromatic carbocycles. The molecular formula is C14H9N3O4S2. The Morgan fingerprint density at radius 2 is 1.96 bits per heavy atom. The number of rotatable bonds is 4. The van der Waals surface area contributed by atoms with Crippen molar-refractivity contribution in [3.63, 3.8) is 0 Å². The Morgan fingerprint density at radius 1 is 1.09 bits per heavy atom. The quantitative estimate of drug-likeness (QED) is 0.608. The maximum Gasteiger partial charge on any atom is 0.309 e. The van der Waals surface area contributed by atoms with Gasteiger partial charge in [-0.15, -0.1) is 11.3 Å². The minimum absolute atomic E-state index is 0.0670. The van der Waals surface area contributed by atoms with Crippen molar-refractivity contribution in [2.24, 2.45) is 0 Å². The zero-order valence-corrected chi connectivity index (χ0v) is 13.1. The largest absolute Gasteiger partial charge is 0.423 e. The van der Waals surface area contributed by atoms with Crippen LogP contribution in [0, 0.1) is 0 Å². The molecule has 0 saturated heterocycles. The van der Waals surface area contributed by atoms with Crippen molar-refractivity contribution in [2.45, 2.75) is 4.21 Å². The molecule has 116 valence electrons. The lowest BCUT2D eigenvalue weighted by Crippen LogP contribution is -2.11. The van der Waals surface area contributed by atoms with Crippen LogP contribution in [0.4, 0.5) is 6.01 Å². The van der Waals surface area contributed by atoms with Gasteiger partial charge in [-0.1, -0.05) is 17.3 Å². The molecule has 0 unspecified atom stereocenters. The Bertz CT molecular complexity index is 1030. The second-order valence-corrected chi connectivity index (χ2v) is 7.59. The summed E-state index contributed by atoms with van der Waals surface area (Å²) < 4.78 is 37.5. The Hall–Kier alpha value is -2.65. The van der Waals surface area contributed by atoms with Crippen LogP contribution in [0.1, 0.15) is 0 Å². The topological polar surface area (TPSA) is 98.2 Å². The first kappa shape index (κ1) is 14.0. The van der Waals surface area contributed by atoms with E-state index in [1.807, 2.05) is 0 Å². The summed E-state index contributed by atoms with van der Waals surface area (Å²) in [5.41, 5.74) is 1.68. The van der Waals surface area contributed by atoms with Gasteiger partial charge < -0.3 is 8.94 Å². The molecule has 23 heavy (non-hydrogen) atoms. The summed E-state index contributed by atoms with van der Waals surface area (Å²) in [7, 11) is -3.78. The molecule has 4 aromatic rings. The number of hydrogen-bond donors (Lipinski definition) is 1. The molecular weight excluding hydrogens is 338 g/mol. The van der Waals surface area contributed by atoms with E-state index in [-0.39, 0.29) is 10.2 Å². The highest BCUT2D eigenvalue weighted by Crippen LogP contribution is 2.31. The first-order chi connectivity index (χ1) is 11.1. The van der Waals surface area contributed by atoms with E-state index in [2.05, 4.69) is 14.9 Å². The molecule has 0 bridgehead atoms. The predicted molar refractivity (Wildman–Crippen MR) is 84.6 cm³/mol. The van der Waals surface area contributed by atoms with Crippen molar-refractivity contribution >= 4 is 38.5 Å². The normalized spacial score (nSPS) is 11.8. The van der Waals surface area contributed by atoms with Crippen molar-refractivity contribution in [1.29, 1.82) is 0 Å². The number of oxazole rings is 1. The summed E-state index contributed by atoms with van der Waals surface area (Å²) in [6.07, 6.45) is 1.43. The van der Waals surface area contributed by atoms with E-state index >= 15 is 0 Å². The molecule has 3 heterocycles. The molecule has 0 atom stereocenters. The van der Waals surface area contributed by atoms with Crippen LogP contribution in [-0.2, 0) is 10.0 Å². The van der Waals surface area contributed by atoms with Gasteiger partial charge in [0, 0.05) is 6.07 Å². The maximum atomic E-state index is 12.4. The third-order valence-corrected chi connectivity index (χ3v) is 5.97. The van der Waals surface area contributed by atoms with E-state index < -0.39 is 10.0 Å². The summed E-state index contributed by atoms with van der Waals surface area (Å²) in [5.74, 6) is 0. The fourth-order valence-electron chi connectivity index (χ4n) is 2.02. The SMILES string of the molecule is O=S(=O)(Nc1nc2ccccc2o1)c1ccc(-c2ccon2)s1. The zero-order chi connectivity index (χ0) is 15.9. The van der Waals surface area contributed by atoms with Crippen molar-refractivity contribution < 1.29 is 17.4 Å². The van der Waals surface area contributed by atoms with E-state index in [0.29, 0.717) is 21.7 Å². The van der Waals surface area contributed by atoms with Gasteiger partial charge in [-0.25, -0.2) is 13.1 Å². The number of nitrogens with one attached hydrogen (secondary N) is 1. The van der Waals surface area contributed by atoms with E-state index in [0.717, 1.165) is 11.3 Å². The first-order valence-corrected chi connectivity index (χ1v) is 8.81. The molecule has 0 aliphatic heterocycles. The molecule has 1 N–H and O–H groups in total. The molecule has 9 heteroatoms. The van der Waals surface area contributed by atoms with Crippen LogP contribution in [0.3, 0.4) is 0 Å². The fraction of sp³-hybridized carbons (Fsp3) is 0. The number of hydrogen-bond acceptors (Lipinski definition) is 7. The first-order valence-electron chi connectivity index (χ1n) is 6.51. The van der Waals surface area contributed by atoms with Gasteiger partial charge in [0.15, 0.2) is 5.58 Å². The van der Waals surface area contributed by atoms with Crippen LogP contribution in [0.2, 0.25) is 0 Å². The van der Waals surface area contributed by atoms with Crippen LogP contribution in [0.25, 0.3) is 21.7 Å². The van der Waals surface area contributed by atoms with Gasteiger partial charge in [0.2, 0.25) is 0 Å². The smallest absolute Gasteiger partial charge is 0.309 e. The summed E-state index contributed by atoms with van der Waals surface area (Å²) in [6, 6.07) is 11.8. The summed E-state index contributed by atoms with van der Waals surface area (Å²) >= 11 is 1.08. The Kier molecular flexibility index (Phi) is 3.17. The maximum absolute atomic E-state index is 12.4. The van der Waals surface area contributed by atoms with Gasteiger partial charge in [-0.3, -0.25) is 0 Å². The Labute approximate surface area is 134 Å². The van der Waals surface area contributed by atoms with E-state index in [1.54, 1.807) is 36.4 Å². The summed E-state index contributed by atoms with van der Waals surface area (Å²) in [5, 5.41) is 3.78. The average Bonchev–Trinajstić information content (AvgIpc) is 3.25. The second-order valence-electron chi connectivity index (χ2n) is 4.60. The predicted octanol–water partition coefficient (Wildman–Crippen LogP) is 3.35. The molecule has 0 radical (unpaired) electrons. The van der Waals surface area contributed by atoms with Crippen LogP contribution in [0.5, 0.6) is 0 Å². The molecule has 0 spiro atoms. The summed E-state index contributed by atoms with van der Waals surface area (Å²) in [4.78, 5) is 4.79. The van der Waals surface area contributed by atoms with Gasteiger partial charge in [0.1, 0.15) is 21.7 Å². The number of benzene rings is 1. The molecule has 0 aliphatic carbocycles. The zero-order valence-electron chi connectivity index (χ0n) is 11.5. The van der Waals surface area contributed by atoms with Gasteiger partial charge in [0.25, 0.3) is 10.0 Å². The van der Waals surface area contributed by atoms with E-state index in [4.69, 9.17) is 8.94 Å². The van der Waals surface area contributed by atoms with Crippen molar-refractivity contribution in [2.75, 3.05) is 4.72 Å². The number of sulfonamides is 1. The van der Waals surface area contributed by atoms with Gasteiger partial charge in [-0.2, -0.15) is 4.98 Å². The lowest BCUT2D eigenvalue weighted by Gasteiger charge is -2.00. The van der Waals surface area contributed by atoms with Gasteiger partial charge in [-0.05, 0) is 24.3 Å². The molecule has 7 nitrogen and oxygen atoms in total. The molecule has 4 rings (SSSR count). The highest BCUT2D eigenvalue weighted by atomic mass is 32.2.